The van der Waals surface area contributed by atoms with E-state index in [2.05, 4.69) is 4.98 Å². The number of oxazole rings is 1. The van der Waals surface area contributed by atoms with Crippen molar-refractivity contribution in [2.24, 2.45) is 0 Å². The van der Waals surface area contributed by atoms with Crippen LogP contribution >= 0.6 is 0 Å². The number of rotatable bonds is 3. The third kappa shape index (κ3) is 2.45. The molecule has 2 aromatic carbocycles. The van der Waals surface area contributed by atoms with Crippen LogP contribution in [0, 0.1) is 6.92 Å². The van der Waals surface area contributed by atoms with E-state index < -0.39 is 15.1 Å². The highest BCUT2D eigenvalue weighted by Gasteiger charge is 2.29. The Balaban J connectivity index is 2.03. The number of hydrogen-bond donors (Lipinski definition) is 0. The minimum Gasteiger partial charge on any atom is -0.439 e. The number of aromatic nitrogens is 1. The maximum atomic E-state index is 12.6. The second-order valence-corrected chi connectivity index (χ2v) is 7.29. The van der Waals surface area contributed by atoms with Crippen molar-refractivity contribution in [3.63, 3.8) is 0 Å². The molecule has 1 aromatic heterocycles. The Morgan fingerprint density at radius 3 is 2.38 bits per heavy atom. The Kier molecular flexibility index (Phi) is 3.29. The molecule has 4 nitrogen and oxygen atoms in total. The molecule has 0 N–H and O–H groups in total. The summed E-state index contributed by atoms with van der Waals surface area (Å²) in [4.78, 5) is 4.56. The predicted molar refractivity (Wildman–Crippen MR) is 80.8 cm³/mol. The van der Waals surface area contributed by atoms with Gasteiger partial charge in [-0.25, -0.2) is 13.4 Å². The first-order chi connectivity index (χ1) is 9.98. The smallest absolute Gasteiger partial charge is 0.213 e. The number of para-hydroxylation sites is 2. The van der Waals surface area contributed by atoms with Gasteiger partial charge in [0.25, 0.3) is 0 Å². The minimum atomic E-state index is -3.51. The van der Waals surface area contributed by atoms with Gasteiger partial charge in [-0.05, 0) is 38.1 Å². The second-order valence-electron chi connectivity index (χ2n) is 5.02. The molecule has 0 saturated heterocycles. The van der Waals surface area contributed by atoms with Gasteiger partial charge >= 0.3 is 0 Å². The van der Waals surface area contributed by atoms with E-state index in [1.807, 2.05) is 19.1 Å². The monoisotopic (exact) mass is 301 g/mol. The zero-order valence-corrected chi connectivity index (χ0v) is 12.6. The molecular formula is C16H15NO3S. The van der Waals surface area contributed by atoms with Gasteiger partial charge < -0.3 is 4.42 Å². The van der Waals surface area contributed by atoms with E-state index in [-0.39, 0.29) is 10.8 Å². The molecule has 108 valence electrons. The Bertz CT molecular complexity index is 846. The maximum absolute atomic E-state index is 12.6. The molecule has 0 fully saturated rings. The molecule has 5 heteroatoms. The van der Waals surface area contributed by atoms with E-state index in [1.165, 1.54) is 0 Å². The van der Waals surface area contributed by atoms with E-state index in [0.717, 1.165) is 5.56 Å². The van der Waals surface area contributed by atoms with Gasteiger partial charge in [-0.3, -0.25) is 0 Å². The number of fused-ring (bicyclic) bond motifs is 1. The summed E-state index contributed by atoms with van der Waals surface area (Å²) in [6.45, 7) is 3.51. The number of nitrogens with zero attached hydrogens (tertiary/aromatic N) is 1. The first kappa shape index (κ1) is 13.8. The lowest BCUT2D eigenvalue weighted by molar-refractivity contribution is 0.513. The van der Waals surface area contributed by atoms with Crippen LogP contribution < -0.4 is 0 Å². The molecule has 0 saturated carbocycles. The summed E-state index contributed by atoms with van der Waals surface area (Å²) in [7, 11) is -3.51. The molecule has 21 heavy (non-hydrogen) atoms. The highest BCUT2D eigenvalue weighted by atomic mass is 32.2. The quantitative estimate of drug-likeness (QED) is 0.740. The predicted octanol–water partition coefficient (Wildman–Crippen LogP) is 3.67. The SMILES string of the molecule is Cc1ccc(S(=O)(=O)C(C)c2nc3ccccc3o2)cc1. The molecule has 3 aromatic rings. The van der Waals surface area contributed by atoms with Crippen LogP contribution in [-0.2, 0) is 9.84 Å². The topological polar surface area (TPSA) is 60.2 Å². The van der Waals surface area contributed by atoms with E-state index in [9.17, 15) is 8.42 Å². The Hall–Kier alpha value is -2.14. The fourth-order valence-electron chi connectivity index (χ4n) is 2.13. The van der Waals surface area contributed by atoms with Gasteiger partial charge in [0.15, 0.2) is 15.4 Å². The lowest BCUT2D eigenvalue weighted by atomic mass is 10.2. The molecule has 0 spiro atoms. The van der Waals surface area contributed by atoms with Crippen molar-refractivity contribution in [3.8, 4) is 0 Å². The number of sulfone groups is 1. The number of aryl methyl sites for hydroxylation is 1. The van der Waals surface area contributed by atoms with Crippen molar-refractivity contribution in [2.75, 3.05) is 0 Å². The molecular weight excluding hydrogens is 286 g/mol. The molecule has 0 radical (unpaired) electrons. The van der Waals surface area contributed by atoms with Crippen LogP contribution in [0.5, 0.6) is 0 Å². The zero-order valence-electron chi connectivity index (χ0n) is 11.8. The molecule has 1 unspecified atom stereocenters. The van der Waals surface area contributed by atoms with Crippen molar-refractivity contribution in [3.05, 3.63) is 60.0 Å². The molecule has 1 atom stereocenters. The minimum absolute atomic E-state index is 0.219. The molecule has 0 amide bonds. The van der Waals surface area contributed by atoms with Crippen LogP contribution in [0.3, 0.4) is 0 Å². The van der Waals surface area contributed by atoms with E-state index in [1.54, 1.807) is 43.3 Å². The van der Waals surface area contributed by atoms with E-state index in [4.69, 9.17) is 4.42 Å². The van der Waals surface area contributed by atoms with Crippen LogP contribution in [0.25, 0.3) is 11.1 Å². The summed E-state index contributed by atoms with van der Waals surface area (Å²) < 4.78 is 30.8. The number of benzene rings is 2. The summed E-state index contributed by atoms with van der Waals surface area (Å²) in [5.74, 6) is 0.219. The highest BCUT2D eigenvalue weighted by Crippen LogP contribution is 2.30. The van der Waals surface area contributed by atoms with Crippen molar-refractivity contribution >= 4 is 20.9 Å². The van der Waals surface area contributed by atoms with Crippen molar-refractivity contribution in [1.82, 2.24) is 4.98 Å². The van der Waals surface area contributed by atoms with Crippen molar-refractivity contribution in [1.29, 1.82) is 0 Å². The van der Waals surface area contributed by atoms with Crippen LogP contribution in [0.4, 0.5) is 0 Å². The summed E-state index contributed by atoms with van der Waals surface area (Å²) in [6, 6.07) is 14.0. The summed E-state index contributed by atoms with van der Waals surface area (Å²) >= 11 is 0. The fraction of sp³-hybridized carbons (Fsp3) is 0.188. The third-order valence-corrected chi connectivity index (χ3v) is 5.53. The van der Waals surface area contributed by atoms with Gasteiger partial charge in [0.05, 0.1) is 4.90 Å². The fourth-order valence-corrected chi connectivity index (χ4v) is 3.42. The molecule has 1 heterocycles. The molecule has 0 bridgehead atoms. The van der Waals surface area contributed by atoms with Gasteiger partial charge in [0.1, 0.15) is 10.8 Å². The van der Waals surface area contributed by atoms with Crippen LogP contribution in [-0.4, -0.2) is 13.4 Å². The third-order valence-electron chi connectivity index (χ3n) is 3.47. The lowest BCUT2D eigenvalue weighted by Gasteiger charge is -2.09. The number of hydrogen-bond acceptors (Lipinski definition) is 4. The molecule has 0 aliphatic heterocycles. The average molecular weight is 301 g/mol. The summed E-state index contributed by atoms with van der Waals surface area (Å²) in [6.07, 6.45) is 0. The van der Waals surface area contributed by atoms with Crippen molar-refractivity contribution < 1.29 is 12.8 Å². The first-order valence-electron chi connectivity index (χ1n) is 6.64. The first-order valence-corrected chi connectivity index (χ1v) is 8.19. The van der Waals surface area contributed by atoms with Gasteiger partial charge in [0.2, 0.25) is 5.89 Å². The van der Waals surface area contributed by atoms with Crippen LogP contribution in [0.1, 0.15) is 23.6 Å². The summed E-state index contributed by atoms with van der Waals surface area (Å²) in [5, 5.41) is -0.826. The average Bonchev–Trinajstić information content (AvgIpc) is 2.90. The van der Waals surface area contributed by atoms with Crippen LogP contribution in [0.15, 0.2) is 57.8 Å². The van der Waals surface area contributed by atoms with Crippen LogP contribution in [0.2, 0.25) is 0 Å². The maximum Gasteiger partial charge on any atom is 0.213 e. The molecule has 3 rings (SSSR count). The summed E-state index contributed by atoms with van der Waals surface area (Å²) in [5.41, 5.74) is 2.28. The van der Waals surface area contributed by atoms with Gasteiger partial charge in [-0.1, -0.05) is 29.8 Å². The second kappa shape index (κ2) is 5.00. The van der Waals surface area contributed by atoms with E-state index in [0.29, 0.717) is 11.1 Å². The standard InChI is InChI=1S/C16H15NO3S/c1-11-7-9-13(10-8-11)21(18,19)12(2)16-17-14-5-3-4-6-15(14)20-16/h3-10,12H,1-2H3. The lowest BCUT2D eigenvalue weighted by Crippen LogP contribution is -2.11. The van der Waals surface area contributed by atoms with Gasteiger partial charge in [0, 0.05) is 0 Å². The normalized spacial score (nSPS) is 13.4. The van der Waals surface area contributed by atoms with Crippen molar-refractivity contribution in [2.45, 2.75) is 24.0 Å². The molecule has 0 aliphatic carbocycles. The Morgan fingerprint density at radius 2 is 1.71 bits per heavy atom. The van der Waals surface area contributed by atoms with E-state index >= 15 is 0 Å². The zero-order chi connectivity index (χ0) is 15.0. The Labute approximate surface area is 123 Å². The van der Waals surface area contributed by atoms with Gasteiger partial charge in [-0.2, -0.15) is 0 Å². The molecule has 0 aliphatic rings. The van der Waals surface area contributed by atoms with Gasteiger partial charge in [-0.15, -0.1) is 0 Å². The highest BCUT2D eigenvalue weighted by molar-refractivity contribution is 7.91. The Morgan fingerprint density at radius 1 is 1.05 bits per heavy atom. The largest absolute Gasteiger partial charge is 0.439 e.